The molecule has 0 radical (unpaired) electrons. The minimum Gasteiger partial charge on any atom is -0.264 e. The molecule has 0 aliphatic rings. The van der Waals surface area contributed by atoms with Gasteiger partial charge in [0.05, 0.1) is 0 Å². The minimum atomic E-state index is -4.67. The van der Waals surface area contributed by atoms with Crippen LogP contribution in [0.4, 0.5) is 0 Å². The molecule has 0 rings (SSSR count). The van der Waals surface area contributed by atoms with Crippen molar-refractivity contribution in [3.63, 3.8) is 0 Å². The quantitative estimate of drug-likeness (QED) is 0.207. The Labute approximate surface area is 101 Å². The van der Waals surface area contributed by atoms with Crippen LogP contribution in [0.25, 0.3) is 0 Å². The zero-order chi connectivity index (χ0) is 13.5. The van der Waals surface area contributed by atoms with E-state index >= 15 is 0 Å². The van der Waals surface area contributed by atoms with Gasteiger partial charge >= 0.3 is 31.2 Å². The molecule has 12 nitrogen and oxygen atoms in total. The number of hydrogen-bond acceptors (Lipinski definition) is 6. The normalized spacial score (nSPS) is 10.9. The summed E-state index contributed by atoms with van der Waals surface area (Å²) in [5.74, 6) is 0. The zero-order valence-electron chi connectivity index (χ0n) is 6.71. The third kappa shape index (κ3) is 145000. The minimum absolute atomic E-state index is 0. The average molecular weight is 350 g/mol. The van der Waals surface area contributed by atoms with Crippen molar-refractivity contribution in [2.45, 2.75) is 0 Å². The molecule has 0 amide bonds. The van der Waals surface area contributed by atoms with Crippen LogP contribution >= 0.6 is 0 Å². The van der Waals surface area contributed by atoms with Gasteiger partial charge in [0, 0.05) is 17.1 Å². The fourth-order valence-electron chi connectivity index (χ4n) is 0. The Morgan fingerprint density at radius 3 is 0.438 bits per heavy atom. The summed E-state index contributed by atoms with van der Waals surface area (Å²) in [4.78, 5) is 0. The Balaban J connectivity index is -0.0000000655. The van der Waals surface area contributed by atoms with Crippen LogP contribution in [0.15, 0.2) is 0 Å². The first-order valence-electron chi connectivity index (χ1n) is 2.10. The third-order valence-electron chi connectivity index (χ3n) is 0. The molecule has 0 aromatic heterocycles. The molecule has 0 spiro atoms. The molecular weight excluding hydrogens is 344 g/mol. The Morgan fingerprint density at radius 1 is 0.438 bits per heavy atom. The smallest absolute Gasteiger partial charge is 0.264 e. The fourth-order valence-corrected chi connectivity index (χ4v) is 0. The summed E-state index contributed by atoms with van der Waals surface area (Å²) >= 11 is 0. The predicted octanol–water partition coefficient (Wildman–Crippen LogP) is -1.96. The molecule has 0 bridgehead atoms. The molecule has 0 aliphatic carbocycles. The first-order chi connectivity index (χ1) is 6.00. The van der Waals surface area contributed by atoms with E-state index < -0.39 is 31.2 Å². The maximum Gasteiger partial charge on any atom is 0.394 e. The maximum absolute atomic E-state index is 8.74. The van der Waals surface area contributed by atoms with E-state index in [4.69, 9.17) is 52.6 Å². The molecule has 0 aromatic carbocycles. The van der Waals surface area contributed by atoms with Crippen LogP contribution in [0.5, 0.6) is 0 Å². The van der Waals surface area contributed by atoms with Crippen molar-refractivity contribution in [2.24, 2.45) is 0 Å². The molecule has 16 heavy (non-hydrogen) atoms. The van der Waals surface area contributed by atoms with Gasteiger partial charge in [-0.15, -0.1) is 0 Å². The van der Waals surface area contributed by atoms with E-state index in [-0.39, 0.29) is 17.1 Å². The second-order valence-corrected chi connectivity index (χ2v) is 4.03. The largest absolute Gasteiger partial charge is 0.394 e. The molecule has 0 aromatic rings. The molecule has 0 heterocycles. The summed E-state index contributed by atoms with van der Waals surface area (Å²) in [5.41, 5.74) is 0. The van der Waals surface area contributed by atoms with Gasteiger partial charge in [-0.05, 0) is 0 Å². The van der Waals surface area contributed by atoms with Gasteiger partial charge < -0.3 is 0 Å². The summed E-state index contributed by atoms with van der Waals surface area (Å²) in [6, 6.07) is 0. The molecule has 104 valence electrons. The van der Waals surface area contributed by atoms with Gasteiger partial charge in [-0.2, -0.15) is 25.3 Å². The van der Waals surface area contributed by atoms with E-state index in [0.29, 0.717) is 0 Å². The molecule has 0 unspecified atom stereocenters. The fraction of sp³-hybridized carbons (Fsp3) is 0. The first-order valence-corrected chi connectivity index (χ1v) is 6.29. The van der Waals surface area contributed by atoms with Crippen LogP contribution in [0.1, 0.15) is 0 Å². The van der Waals surface area contributed by atoms with Gasteiger partial charge in [0.2, 0.25) is 0 Å². The van der Waals surface area contributed by atoms with Crippen LogP contribution in [0.2, 0.25) is 0 Å². The molecule has 0 saturated heterocycles. The van der Waals surface area contributed by atoms with Crippen molar-refractivity contribution < 1.29 is 69.6 Å². The van der Waals surface area contributed by atoms with Crippen LogP contribution in [-0.2, 0) is 48.3 Å². The van der Waals surface area contributed by atoms with E-state index in [2.05, 4.69) is 0 Å². The summed E-state index contributed by atoms with van der Waals surface area (Å²) in [5, 5.41) is 0. The van der Waals surface area contributed by atoms with Crippen molar-refractivity contribution in [3.05, 3.63) is 0 Å². The predicted molar refractivity (Wildman–Crippen MR) is 42.5 cm³/mol. The van der Waals surface area contributed by atoms with E-state index in [1.54, 1.807) is 0 Å². The van der Waals surface area contributed by atoms with Gasteiger partial charge in [0.1, 0.15) is 0 Å². The van der Waals surface area contributed by atoms with Crippen LogP contribution in [-0.4, -0.2) is 52.6 Å². The van der Waals surface area contributed by atoms with Crippen LogP contribution in [0.3, 0.4) is 0 Å². The number of hydrogen-bond donors (Lipinski definition) is 6. The Bertz CT molecular complexity index is 337. The van der Waals surface area contributed by atoms with E-state index in [1.807, 2.05) is 0 Å². The zero-order valence-corrected chi connectivity index (χ0v) is 10.3. The Morgan fingerprint density at radius 2 is 0.438 bits per heavy atom. The Hall–Kier alpha value is 0.129. The summed E-state index contributed by atoms with van der Waals surface area (Å²) < 4.78 is 94.8. The summed E-state index contributed by atoms with van der Waals surface area (Å²) in [6.45, 7) is 0. The average Bonchev–Trinajstić information content (AvgIpc) is 1.41. The van der Waals surface area contributed by atoms with Crippen molar-refractivity contribution in [2.75, 3.05) is 0 Å². The maximum atomic E-state index is 8.74. The van der Waals surface area contributed by atoms with Gasteiger partial charge in [-0.1, -0.05) is 0 Å². The number of rotatable bonds is 0. The van der Waals surface area contributed by atoms with Gasteiger partial charge in [0.25, 0.3) is 0 Å². The second kappa shape index (κ2) is 9.19. The molecule has 0 saturated carbocycles. The molecule has 0 atom stereocenters. The molecule has 6 N–H and O–H groups in total. The van der Waals surface area contributed by atoms with Gasteiger partial charge in [0.15, 0.2) is 0 Å². The SMILES string of the molecule is O=S(=O)(O)O.O=S(=O)(O)O.O=S(=O)(O)O.[Fe]. The summed E-state index contributed by atoms with van der Waals surface area (Å²) in [7, 11) is -14.0. The first kappa shape index (κ1) is 25.1. The van der Waals surface area contributed by atoms with Gasteiger partial charge in [-0.25, -0.2) is 0 Å². The van der Waals surface area contributed by atoms with Crippen molar-refractivity contribution in [1.82, 2.24) is 0 Å². The van der Waals surface area contributed by atoms with E-state index in [1.165, 1.54) is 0 Å². The van der Waals surface area contributed by atoms with Crippen molar-refractivity contribution >= 4 is 31.2 Å². The second-order valence-electron chi connectivity index (χ2n) is 1.34. The van der Waals surface area contributed by atoms with E-state index in [9.17, 15) is 0 Å². The van der Waals surface area contributed by atoms with Crippen LogP contribution in [0, 0.1) is 0 Å². The molecule has 0 aliphatic heterocycles. The monoisotopic (exact) mass is 350 g/mol. The molecule has 16 heteroatoms. The molecular formula is H6FeO12S3. The topological polar surface area (TPSA) is 224 Å². The molecule has 0 fully saturated rings. The Kier molecular flexibility index (Phi) is 14.4. The van der Waals surface area contributed by atoms with Crippen LogP contribution < -0.4 is 0 Å². The standard InChI is InChI=1S/Fe.3H2O4S/c;3*1-5(2,3)4/h;3*(H2,1,2,3,4). The van der Waals surface area contributed by atoms with Gasteiger partial charge in [-0.3, -0.25) is 27.3 Å². The van der Waals surface area contributed by atoms with E-state index in [0.717, 1.165) is 0 Å². The summed E-state index contributed by atoms with van der Waals surface area (Å²) in [6.07, 6.45) is 0. The van der Waals surface area contributed by atoms with Crippen molar-refractivity contribution in [3.8, 4) is 0 Å². The third-order valence-corrected chi connectivity index (χ3v) is 0. The van der Waals surface area contributed by atoms with Crippen molar-refractivity contribution in [1.29, 1.82) is 0 Å².